The first-order valence-electron chi connectivity index (χ1n) is 11.8. The summed E-state index contributed by atoms with van der Waals surface area (Å²) in [6.07, 6.45) is 1.63. The maximum absolute atomic E-state index is 13.6. The standard InChI is InChI=1S/C28H22ClFN2O5S/c1-3-35-27(34)24-16(2)31-28-32(25(24)17-7-5-4-6-8-17)26(33)23(38-28)14-19-10-11-20(37-19)15-36-22-12-9-18(30)13-21(22)29/h4-14,25H,3,15H2,1-2H3/b23-14-. The normalized spacial score (nSPS) is 15.3. The fourth-order valence-corrected chi connectivity index (χ4v) is 5.41. The third-order valence-corrected chi connectivity index (χ3v) is 7.13. The molecule has 2 aromatic heterocycles. The zero-order valence-corrected chi connectivity index (χ0v) is 22.0. The number of furan rings is 1. The van der Waals surface area contributed by atoms with Crippen LogP contribution in [0.1, 0.15) is 37.0 Å². The molecule has 0 radical (unpaired) electrons. The summed E-state index contributed by atoms with van der Waals surface area (Å²) in [7, 11) is 0. The number of carbonyl (C=O) groups is 1. The number of allylic oxidation sites excluding steroid dienone is 1. The Bertz CT molecular complexity index is 1720. The summed E-state index contributed by atoms with van der Waals surface area (Å²) in [6, 6.07) is 15.9. The molecule has 194 valence electrons. The summed E-state index contributed by atoms with van der Waals surface area (Å²) >= 11 is 7.22. The second-order valence-corrected chi connectivity index (χ2v) is 9.80. The highest BCUT2D eigenvalue weighted by molar-refractivity contribution is 7.07. The van der Waals surface area contributed by atoms with Gasteiger partial charge in [0.05, 0.1) is 33.5 Å². The lowest BCUT2D eigenvalue weighted by Crippen LogP contribution is -2.39. The molecule has 1 atom stereocenters. The van der Waals surface area contributed by atoms with Crippen molar-refractivity contribution < 1.29 is 23.1 Å². The van der Waals surface area contributed by atoms with Crippen molar-refractivity contribution in [1.82, 2.24) is 4.57 Å². The number of aromatic nitrogens is 1. The van der Waals surface area contributed by atoms with Crippen molar-refractivity contribution in [1.29, 1.82) is 0 Å². The molecule has 7 nitrogen and oxygen atoms in total. The molecule has 0 N–H and O–H groups in total. The molecule has 0 amide bonds. The van der Waals surface area contributed by atoms with E-state index in [-0.39, 0.29) is 23.8 Å². The molecular weight excluding hydrogens is 531 g/mol. The van der Waals surface area contributed by atoms with Gasteiger partial charge in [0.2, 0.25) is 0 Å². The van der Waals surface area contributed by atoms with Crippen LogP contribution in [-0.4, -0.2) is 17.1 Å². The molecule has 5 rings (SSSR count). The number of ether oxygens (including phenoxy) is 2. The van der Waals surface area contributed by atoms with E-state index in [0.717, 1.165) is 5.56 Å². The van der Waals surface area contributed by atoms with Crippen molar-refractivity contribution in [3.8, 4) is 5.75 Å². The lowest BCUT2D eigenvalue weighted by atomic mass is 9.96. The van der Waals surface area contributed by atoms with E-state index in [1.165, 1.54) is 34.1 Å². The van der Waals surface area contributed by atoms with Gasteiger partial charge in [-0.25, -0.2) is 14.2 Å². The summed E-state index contributed by atoms with van der Waals surface area (Å²) in [4.78, 5) is 31.6. The van der Waals surface area contributed by atoms with Crippen LogP contribution in [0.4, 0.5) is 4.39 Å². The molecule has 1 aliphatic rings. The van der Waals surface area contributed by atoms with Crippen LogP contribution in [0.2, 0.25) is 5.02 Å². The quantitative estimate of drug-likeness (QED) is 0.309. The average Bonchev–Trinajstić information content (AvgIpc) is 3.47. The van der Waals surface area contributed by atoms with Gasteiger partial charge in [-0.2, -0.15) is 0 Å². The maximum Gasteiger partial charge on any atom is 0.338 e. The smallest absolute Gasteiger partial charge is 0.338 e. The number of esters is 1. The van der Waals surface area contributed by atoms with Crippen molar-refractivity contribution in [3.05, 3.63) is 120 Å². The number of fused-ring (bicyclic) bond motifs is 1. The Balaban J connectivity index is 1.49. The number of halogens is 2. The van der Waals surface area contributed by atoms with E-state index in [4.69, 9.17) is 25.5 Å². The van der Waals surface area contributed by atoms with E-state index < -0.39 is 17.8 Å². The van der Waals surface area contributed by atoms with E-state index in [9.17, 15) is 14.0 Å². The fraction of sp³-hybridized carbons (Fsp3) is 0.179. The van der Waals surface area contributed by atoms with Gasteiger partial charge in [-0.05, 0) is 49.7 Å². The first kappa shape index (κ1) is 25.7. The summed E-state index contributed by atoms with van der Waals surface area (Å²) in [5, 5.41) is 0.156. The van der Waals surface area contributed by atoms with Crippen LogP contribution < -0.4 is 19.6 Å². The van der Waals surface area contributed by atoms with Crippen molar-refractivity contribution in [2.24, 2.45) is 4.99 Å². The van der Waals surface area contributed by atoms with E-state index in [2.05, 4.69) is 4.99 Å². The van der Waals surface area contributed by atoms with Crippen LogP contribution in [0.5, 0.6) is 5.75 Å². The van der Waals surface area contributed by atoms with Gasteiger partial charge in [-0.3, -0.25) is 9.36 Å². The minimum Gasteiger partial charge on any atom is -0.484 e. The first-order valence-corrected chi connectivity index (χ1v) is 13.0. The first-order chi connectivity index (χ1) is 18.4. The van der Waals surface area contributed by atoms with Crippen LogP contribution in [0, 0.1) is 5.82 Å². The number of nitrogens with zero attached hydrogens (tertiary/aromatic N) is 2. The molecule has 0 spiro atoms. The molecule has 0 saturated heterocycles. The number of benzene rings is 2. The maximum atomic E-state index is 13.6. The topological polar surface area (TPSA) is 83.0 Å². The molecule has 1 aliphatic heterocycles. The molecule has 0 aliphatic carbocycles. The number of thiazole rings is 1. The summed E-state index contributed by atoms with van der Waals surface area (Å²) in [6.45, 7) is 3.75. The molecular formula is C28H22ClFN2O5S. The van der Waals surface area contributed by atoms with Gasteiger partial charge in [0.25, 0.3) is 5.56 Å². The van der Waals surface area contributed by atoms with Gasteiger partial charge in [0.1, 0.15) is 29.7 Å². The Kier molecular flexibility index (Phi) is 7.31. The van der Waals surface area contributed by atoms with Crippen LogP contribution in [-0.2, 0) is 16.1 Å². The molecule has 0 bridgehead atoms. The SMILES string of the molecule is CCOC(=O)C1=C(C)N=c2s/c(=C\c3ccc(COc4ccc(F)cc4Cl)o3)c(=O)n2C1c1ccccc1. The van der Waals surface area contributed by atoms with Crippen molar-refractivity contribution >= 4 is 35.0 Å². The molecule has 0 saturated carbocycles. The van der Waals surface area contributed by atoms with E-state index in [0.29, 0.717) is 37.9 Å². The average molecular weight is 553 g/mol. The molecule has 3 heterocycles. The number of hydrogen-bond acceptors (Lipinski definition) is 7. The van der Waals surface area contributed by atoms with E-state index >= 15 is 0 Å². The van der Waals surface area contributed by atoms with Crippen molar-refractivity contribution in [2.45, 2.75) is 26.5 Å². The Morgan fingerprint density at radius 2 is 2.00 bits per heavy atom. The third kappa shape index (κ3) is 5.07. The number of rotatable bonds is 7. The molecule has 1 unspecified atom stereocenters. The Morgan fingerprint density at radius 3 is 2.74 bits per heavy atom. The Labute approximate surface area is 225 Å². The molecule has 10 heteroatoms. The predicted molar refractivity (Wildman–Crippen MR) is 141 cm³/mol. The fourth-order valence-electron chi connectivity index (χ4n) is 4.16. The van der Waals surface area contributed by atoms with Gasteiger partial charge < -0.3 is 13.9 Å². The van der Waals surface area contributed by atoms with Gasteiger partial charge in [-0.15, -0.1) is 0 Å². The lowest BCUT2D eigenvalue weighted by molar-refractivity contribution is -0.139. The highest BCUT2D eigenvalue weighted by Crippen LogP contribution is 2.30. The molecule has 4 aromatic rings. The Hall–Kier alpha value is -3.95. The highest BCUT2D eigenvalue weighted by atomic mass is 35.5. The summed E-state index contributed by atoms with van der Waals surface area (Å²) in [5.41, 5.74) is 1.30. The van der Waals surface area contributed by atoms with E-state index in [1.807, 2.05) is 30.3 Å². The van der Waals surface area contributed by atoms with Crippen molar-refractivity contribution in [3.63, 3.8) is 0 Å². The van der Waals surface area contributed by atoms with Gasteiger partial charge in [0, 0.05) is 6.08 Å². The molecule has 38 heavy (non-hydrogen) atoms. The lowest BCUT2D eigenvalue weighted by Gasteiger charge is -2.24. The van der Waals surface area contributed by atoms with Crippen LogP contribution in [0.3, 0.4) is 0 Å². The molecule has 2 aromatic carbocycles. The van der Waals surface area contributed by atoms with Crippen molar-refractivity contribution in [2.75, 3.05) is 6.61 Å². The molecule has 0 fully saturated rings. The zero-order chi connectivity index (χ0) is 26.8. The predicted octanol–water partition coefficient (Wildman–Crippen LogP) is 4.76. The van der Waals surface area contributed by atoms with Gasteiger partial charge in [-0.1, -0.05) is 53.3 Å². The summed E-state index contributed by atoms with van der Waals surface area (Å²) < 4.78 is 31.9. The third-order valence-electron chi connectivity index (χ3n) is 5.85. The van der Waals surface area contributed by atoms with Gasteiger partial charge in [0.15, 0.2) is 4.80 Å². The second-order valence-electron chi connectivity index (χ2n) is 8.38. The monoisotopic (exact) mass is 552 g/mol. The van der Waals surface area contributed by atoms with Gasteiger partial charge >= 0.3 is 5.97 Å². The minimum atomic E-state index is -0.672. The number of hydrogen-bond donors (Lipinski definition) is 0. The van der Waals surface area contributed by atoms with Crippen LogP contribution in [0.25, 0.3) is 6.08 Å². The van der Waals surface area contributed by atoms with Crippen LogP contribution >= 0.6 is 22.9 Å². The second kappa shape index (κ2) is 10.8. The van der Waals surface area contributed by atoms with E-state index in [1.54, 1.807) is 32.1 Å². The van der Waals surface area contributed by atoms with Crippen LogP contribution in [0.15, 0.2) is 86.1 Å². The largest absolute Gasteiger partial charge is 0.484 e. The highest BCUT2D eigenvalue weighted by Gasteiger charge is 2.33. The number of carbonyl (C=O) groups excluding carboxylic acids is 1. The Morgan fingerprint density at radius 1 is 1.21 bits per heavy atom. The zero-order valence-electron chi connectivity index (χ0n) is 20.4. The minimum absolute atomic E-state index is 0.0660. The summed E-state index contributed by atoms with van der Waals surface area (Å²) in [5.74, 6) is 0.300.